The molecule has 0 aliphatic heterocycles. The van der Waals surface area contributed by atoms with Gasteiger partial charge < -0.3 is 4.74 Å². The zero-order valence-corrected chi connectivity index (χ0v) is 11.8. The van der Waals surface area contributed by atoms with Gasteiger partial charge in [-0.2, -0.15) is 5.10 Å². The molecule has 0 aromatic carbocycles. The first-order chi connectivity index (χ1) is 9.33. The average molecular weight is 266 g/mol. The number of hydrogen-bond donors (Lipinski definition) is 2. The Hall–Kier alpha value is -0.910. The van der Waals surface area contributed by atoms with Crippen molar-refractivity contribution in [2.75, 3.05) is 13.2 Å². The van der Waals surface area contributed by atoms with Crippen molar-refractivity contribution < 1.29 is 4.74 Å². The lowest BCUT2D eigenvalue weighted by Gasteiger charge is -2.15. The second-order valence-electron chi connectivity index (χ2n) is 5.37. The highest BCUT2D eigenvalue weighted by atomic mass is 16.5. The molecular weight excluding hydrogens is 240 g/mol. The first kappa shape index (κ1) is 14.5. The van der Waals surface area contributed by atoms with Gasteiger partial charge in [-0.3, -0.25) is 16.0 Å². The summed E-state index contributed by atoms with van der Waals surface area (Å²) in [7, 11) is 0. The molecule has 19 heavy (non-hydrogen) atoms. The van der Waals surface area contributed by atoms with Crippen molar-refractivity contribution in [1.82, 2.24) is 15.2 Å². The van der Waals surface area contributed by atoms with Crippen molar-refractivity contribution in [3.05, 3.63) is 18.0 Å². The number of ether oxygens (including phenoxy) is 1. The van der Waals surface area contributed by atoms with Crippen LogP contribution in [0.25, 0.3) is 0 Å². The van der Waals surface area contributed by atoms with Gasteiger partial charge >= 0.3 is 0 Å². The molecule has 1 saturated carbocycles. The molecule has 0 saturated heterocycles. The van der Waals surface area contributed by atoms with Gasteiger partial charge in [0.25, 0.3) is 0 Å². The Balaban J connectivity index is 1.83. The molecular formula is C14H26N4O. The van der Waals surface area contributed by atoms with Crippen LogP contribution in [0.4, 0.5) is 0 Å². The summed E-state index contributed by atoms with van der Waals surface area (Å²) in [5.41, 5.74) is 3.91. The van der Waals surface area contributed by atoms with Crippen LogP contribution in [0.3, 0.4) is 0 Å². The standard InChI is InChI=1S/C14H26N4O/c1-2-9-19-11-13(16-15)10-12-7-8-18(17-12)14-5-3-4-6-14/h7-8,13-14,16H,2-6,9-11,15H2,1H3. The fourth-order valence-electron chi connectivity index (χ4n) is 2.65. The highest BCUT2D eigenvalue weighted by Gasteiger charge is 2.18. The van der Waals surface area contributed by atoms with Crippen molar-refractivity contribution in [3.8, 4) is 0 Å². The normalized spacial score (nSPS) is 18.0. The molecule has 0 bridgehead atoms. The second-order valence-corrected chi connectivity index (χ2v) is 5.37. The highest BCUT2D eigenvalue weighted by molar-refractivity contribution is 5.02. The molecule has 0 amide bonds. The number of nitrogens with two attached hydrogens (primary N) is 1. The predicted octanol–water partition coefficient (Wildman–Crippen LogP) is 1.80. The van der Waals surface area contributed by atoms with E-state index in [0.717, 1.165) is 25.1 Å². The Morgan fingerprint density at radius 2 is 2.32 bits per heavy atom. The van der Waals surface area contributed by atoms with E-state index in [4.69, 9.17) is 10.6 Å². The third kappa shape index (κ3) is 4.30. The van der Waals surface area contributed by atoms with Crippen molar-refractivity contribution in [2.45, 2.75) is 57.5 Å². The van der Waals surface area contributed by atoms with Crippen LogP contribution in [0.1, 0.15) is 50.8 Å². The summed E-state index contributed by atoms with van der Waals surface area (Å²) in [5, 5.41) is 4.67. The van der Waals surface area contributed by atoms with E-state index < -0.39 is 0 Å². The summed E-state index contributed by atoms with van der Waals surface area (Å²) < 4.78 is 7.67. The molecule has 1 aromatic heterocycles. The topological polar surface area (TPSA) is 65.1 Å². The van der Waals surface area contributed by atoms with E-state index in [2.05, 4.69) is 34.4 Å². The SMILES string of the molecule is CCCOCC(Cc1ccn(C2CCCC2)n1)NN. The lowest BCUT2D eigenvalue weighted by molar-refractivity contribution is 0.111. The smallest absolute Gasteiger partial charge is 0.0641 e. The Morgan fingerprint density at radius 1 is 1.53 bits per heavy atom. The van der Waals surface area contributed by atoms with Crippen molar-refractivity contribution >= 4 is 0 Å². The molecule has 2 rings (SSSR count). The van der Waals surface area contributed by atoms with Gasteiger partial charge in [-0.1, -0.05) is 19.8 Å². The molecule has 1 aromatic rings. The van der Waals surface area contributed by atoms with Crippen LogP contribution in [0.15, 0.2) is 12.3 Å². The van der Waals surface area contributed by atoms with Crippen molar-refractivity contribution in [3.63, 3.8) is 0 Å². The molecule has 3 N–H and O–H groups in total. The van der Waals surface area contributed by atoms with Gasteiger partial charge in [-0.15, -0.1) is 0 Å². The molecule has 0 radical (unpaired) electrons. The van der Waals surface area contributed by atoms with Gasteiger partial charge in [0.2, 0.25) is 0 Å². The van der Waals surface area contributed by atoms with Crippen molar-refractivity contribution in [2.24, 2.45) is 5.84 Å². The number of nitrogens with zero attached hydrogens (tertiary/aromatic N) is 2. The van der Waals surface area contributed by atoms with Gasteiger partial charge in [0.1, 0.15) is 0 Å². The van der Waals surface area contributed by atoms with E-state index in [1.54, 1.807) is 0 Å². The average Bonchev–Trinajstić information content (AvgIpc) is 3.08. The van der Waals surface area contributed by atoms with E-state index in [1.165, 1.54) is 25.7 Å². The van der Waals surface area contributed by atoms with E-state index in [1.807, 2.05) is 0 Å². The second kappa shape index (κ2) is 7.62. The summed E-state index contributed by atoms with van der Waals surface area (Å²) in [4.78, 5) is 0. The molecule has 1 heterocycles. The van der Waals surface area contributed by atoms with Crippen LogP contribution in [-0.4, -0.2) is 29.0 Å². The van der Waals surface area contributed by atoms with Crippen LogP contribution in [0, 0.1) is 0 Å². The maximum absolute atomic E-state index is 5.57. The molecule has 1 atom stereocenters. The van der Waals surface area contributed by atoms with Crippen LogP contribution >= 0.6 is 0 Å². The number of aromatic nitrogens is 2. The Kier molecular flexibility index (Phi) is 5.82. The first-order valence-electron chi connectivity index (χ1n) is 7.41. The minimum Gasteiger partial charge on any atom is -0.380 e. The van der Waals surface area contributed by atoms with E-state index in [0.29, 0.717) is 12.6 Å². The quantitative estimate of drug-likeness (QED) is 0.428. The Bertz CT molecular complexity index is 360. The molecule has 1 fully saturated rings. The van der Waals surface area contributed by atoms with E-state index in [9.17, 15) is 0 Å². The lowest BCUT2D eigenvalue weighted by atomic mass is 10.2. The zero-order chi connectivity index (χ0) is 13.5. The van der Waals surface area contributed by atoms with Gasteiger partial charge in [0.15, 0.2) is 0 Å². The van der Waals surface area contributed by atoms with Gasteiger partial charge in [-0.25, -0.2) is 0 Å². The van der Waals surface area contributed by atoms with Gasteiger partial charge in [0, 0.05) is 19.2 Å². The zero-order valence-electron chi connectivity index (χ0n) is 11.8. The number of hydrogen-bond acceptors (Lipinski definition) is 4. The molecule has 5 heteroatoms. The maximum atomic E-state index is 5.57. The van der Waals surface area contributed by atoms with Gasteiger partial charge in [-0.05, 0) is 25.3 Å². The van der Waals surface area contributed by atoms with Crippen molar-refractivity contribution in [1.29, 1.82) is 0 Å². The fourth-order valence-corrected chi connectivity index (χ4v) is 2.65. The van der Waals surface area contributed by atoms with Crippen LogP contribution in [0.5, 0.6) is 0 Å². The molecule has 0 spiro atoms. The monoisotopic (exact) mass is 266 g/mol. The van der Waals surface area contributed by atoms with Crippen LogP contribution < -0.4 is 11.3 Å². The number of hydrazine groups is 1. The summed E-state index contributed by atoms with van der Waals surface area (Å²) in [6.45, 7) is 3.53. The predicted molar refractivity (Wildman–Crippen MR) is 75.7 cm³/mol. The van der Waals surface area contributed by atoms with E-state index in [-0.39, 0.29) is 6.04 Å². The van der Waals surface area contributed by atoms with E-state index >= 15 is 0 Å². The lowest BCUT2D eigenvalue weighted by Crippen LogP contribution is -2.40. The summed E-state index contributed by atoms with van der Waals surface area (Å²) >= 11 is 0. The Morgan fingerprint density at radius 3 is 3.00 bits per heavy atom. The third-order valence-electron chi connectivity index (χ3n) is 3.72. The third-order valence-corrected chi connectivity index (χ3v) is 3.72. The van der Waals surface area contributed by atoms with Crippen LogP contribution in [0.2, 0.25) is 0 Å². The number of rotatable bonds is 8. The number of nitrogens with one attached hydrogen (secondary N) is 1. The summed E-state index contributed by atoms with van der Waals surface area (Å²) in [6, 6.07) is 2.84. The van der Waals surface area contributed by atoms with Gasteiger partial charge in [0.05, 0.1) is 24.4 Å². The maximum Gasteiger partial charge on any atom is 0.0641 e. The fraction of sp³-hybridized carbons (Fsp3) is 0.786. The minimum absolute atomic E-state index is 0.137. The highest BCUT2D eigenvalue weighted by Crippen LogP contribution is 2.28. The summed E-state index contributed by atoms with van der Waals surface area (Å²) in [5.74, 6) is 5.57. The summed E-state index contributed by atoms with van der Waals surface area (Å²) in [6.07, 6.45) is 9.15. The molecule has 1 aliphatic carbocycles. The minimum atomic E-state index is 0.137. The largest absolute Gasteiger partial charge is 0.380 e. The molecule has 1 aliphatic rings. The molecule has 108 valence electrons. The molecule has 1 unspecified atom stereocenters. The first-order valence-corrected chi connectivity index (χ1v) is 7.41. The Labute approximate surface area is 115 Å². The van der Waals surface area contributed by atoms with Crippen LogP contribution in [-0.2, 0) is 11.2 Å². The molecule has 5 nitrogen and oxygen atoms in total.